The van der Waals surface area contributed by atoms with Gasteiger partial charge in [0.05, 0.1) is 21.3 Å². The molecule has 0 fully saturated rings. The summed E-state index contributed by atoms with van der Waals surface area (Å²) in [7, 11) is 6.91. The fourth-order valence-electron chi connectivity index (χ4n) is 4.26. The Morgan fingerprint density at radius 1 is 1.06 bits per heavy atom. The Bertz CT molecular complexity index is 1130. The van der Waals surface area contributed by atoms with Crippen molar-refractivity contribution < 1.29 is 23.7 Å². The molecular formula is C21H23N5O5. The molecule has 2 aliphatic heterocycles. The average Bonchev–Trinajstić information content (AvgIpc) is 3.46. The van der Waals surface area contributed by atoms with Crippen molar-refractivity contribution in [3.05, 3.63) is 41.2 Å². The van der Waals surface area contributed by atoms with Crippen LogP contribution in [0.15, 0.2) is 24.3 Å². The second-order valence-corrected chi connectivity index (χ2v) is 7.34. The van der Waals surface area contributed by atoms with E-state index in [0.717, 1.165) is 24.1 Å². The average molecular weight is 425 g/mol. The van der Waals surface area contributed by atoms with Crippen LogP contribution in [0.1, 0.15) is 23.0 Å². The zero-order valence-electron chi connectivity index (χ0n) is 17.8. The molecule has 10 nitrogen and oxygen atoms in total. The van der Waals surface area contributed by atoms with E-state index in [1.54, 1.807) is 26.0 Å². The van der Waals surface area contributed by atoms with Crippen molar-refractivity contribution >= 4 is 0 Å². The van der Waals surface area contributed by atoms with Crippen molar-refractivity contribution in [3.63, 3.8) is 0 Å². The zero-order valence-corrected chi connectivity index (χ0v) is 17.8. The minimum absolute atomic E-state index is 0.174. The van der Waals surface area contributed by atoms with E-state index in [-0.39, 0.29) is 12.8 Å². The van der Waals surface area contributed by atoms with Crippen molar-refractivity contribution in [1.29, 1.82) is 0 Å². The lowest BCUT2D eigenvalue weighted by Gasteiger charge is -2.34. The van der Waals surface area contributed by atoms with Crippen LogP contribution in [0, 0.1) is 0 Å². The Morgan fingerprint density at radius 3 is 2.71 bits per heavy atom. The molecule has 10 heteroatoms. The molecule has 2 aliphatic rings. The van der Waals surface area contributed by atoms with E-state index in [1.807, 2.05) is 31.3 Å². The largest absolute Gasteiger partial charge is 0.497 e. The molecule has 1 aromatic heterocycles. The van der Waals surface area contributed by atoms with Gasteiger partial charge in [-0.25, -0.2) is 0 Å². The van der Waals surface area contributed by atoms with E-state index in [2.05, 4.69) is 20.4 Å². The molecule has 1 atom stereocenters. The number of nitrogens with zero attached hydrogens (tertiary/aromatic N) is 5. The number of ether oxygens (including phenoxy) is 5. The van der Waals surface area contributed by atoms with Gasteiger partial charge in [-0.05, 0) is 47.7 Å². The second-order valence-electron chi connectivity index (χ2n) is 7.34. The normalized spacial score (nSPS) is 17.4. The maximum atomic E-state index is 5.80. The third-order valence-corrected chi connectivity index (χ3v) is 5.75. The summed E-state index contributed by atoms with van der Waals surface area (Å²) in [5.74, 6) is 3.90. The summed E-state index contributed by atoms with van der Waals surface area (Å²) in [4.78, 5) is 2.20. The minimum Gasteiger partial charge on any atom is -0.497 e. The van der Waals surface area contributed by atoms with Crippen LogP contribution in [0.25, 0.3) is 5.69 Å². The van der Waals surface area contributed by atoms with E-state index in [4.69, 9.17) is 23.7 Å². The highest BCUT2D eigenvalue weighted by Gasteiger charge is 2.38. The van der Waals surface area contributed by atoms with Crippen LogP contribution < -0.4 is 23.7 Å². The molecule has 5 rings (SSSR count). The van der Waals surface area contributed by atoms with Gasteiger partial charge in [-0.3, -0.25) is 4.90 Å². The standard InChI is InChI=1S/C21H23N5O5/c1-25-8-7-12-9-16-19(31-11-30-16)20(29-4)17(12)18(25)21-22-23-24-26(21)14-10-13(27-2)5-6-15(14)28-3/h5-6,9-10,18H,7-8,11H2,1-4H3/t18-/m0/s1. The number of fused-ring (bicyclic) bond motifs is 2. The summed E-state index contributed by atoms with van der Waals surface area (Å²) in [6.45, 7) is 0.996. The molecule has 0 spiro atoms. The summed E-state index contributed by atoms with van der Waals surface area (Å²) in [5.41, 5.74) is 2.77. The molecule has 3 aromatic rings. The summed E-state index contributed by atoms with van der Waals surface area (Å²) < 4.78 is 29.8. The molecule has 0 aliphatic carbocycles. The van der Waals surface area contributed by atoms with Gasteiger partial charge >= 0.3 is 0 Å². The molecule has 0 amide bonds. The Morgan fingerprint density at radius 2 is 1.94 bits per heavy atom. The number of tetrazole rings is 1. The summed E-state index contributed by atoms with van der Waals surface area (Å²) in [5, 5.41) is 12.7. The van der Waals surface area contributed by atoms with Gasteiger partial charge in [0.15, 0.2) is 17.3 Å². The zero-order chi connectivity index (χ0) is 21.5. The highest BCUT2D eigenvalue weighted by atomic mass is 16.7. The molecule has 0 saturated heterocycles. The second kappa shape index (κ2) is 7.62. The van der Waals surface area contributed by atoms with Gasteiger partial charge in [0.2, 0.25) is 12.5 Å². The van der Waals surface area contributed by atoms with Crippen molar-refractivity contribution in [2.24, 2.45) is 0 Å². The van der Waals surface area contributed by atoms with Crippen LogP contribution in [-0.4, -0.2) is 66.8 Å². The van der Waals surface area contributed by atoms with E-state index < -0.39 is 0 Å². The molecule has 3 heterocycles. The topological polar surface area (TPSA) is 93.0 Å². The minimum atomic E-state index is -0.265. The van der Waals surface area contributed by atoms with E-state index in [0.29, 0.717) is 40.3 Å². The van der Waals surface area contributed by atoms with E-state index in [9.17, 15) is 0 Å². The third-order valence-electron chi connectivity index (χ3n) is 5.75. The first-order valence-corrected chi connectivity index (χ1v) is 9.86. The van der Waals surface area contributed by atoms with Crippen molar-refractivity contribution in [2.75, 3.05) is 41.7 Å². The molecule has 0 unspecified atom stereocenters. The van der Waals surface area contributed by atoms with E-state index >= 15 is 0 Å². The van der Waals surface area contributed by atoms with Gasteiger partial charge in [-0.2, -0.15) is 4.68 Å². The summed E-state index contributed by atoms with van der Waals surface area (Å²) in [6.07, 6.45) is 0.847. The lowest BCUT2D eigenvalue weighted by molar-refractivity contribution is 0.170. The number of hydrogen-bond acceptors (Lipinski definition) is 9. The monoisotopic (exact) mass is 425 g/mol. The quantitative estimate of drug-likeness (QED) is 0.608. The van der Waals surface area contributed by atoms with E-state index in [1.165, 1.54) is 0 Å². The lowest BCUT2D eigenvalue weighted by Crippen LogP contribution is -2.35. The van der Waals surface area contributed by atoms with Crippen LogP contribution in [0.5, 0.6) is 28.7 Å². The Labute approximate surface area is 179 Å². The number of methoxy groups -OCH3 is 3. The Kier molecular flexibility index (Phi) is 4.78. The van der Waals surface area contributed by atoms with Gasteiger partial charge in [0.25, 0.3) is 0 Å². The molecule has 0 N–H and O–H groups in total. The van der Waals surface area contributed by atoms with Crippen molar-refractivity contribution in [1.82, 2.24) is 25.1 Å². The highest BCUT2D eigenvalue weighted by molar-refractivity contribution is 5.63. The first kappa shape index (κ1) is 19.4. The van der Waals surface area contributed by atoms with Gasteiger partial charge in [0.1, 0.15) is 23.2 Å². The van der Waals surface area contributed by atoms with Gasteiger partial charge in [-0.1, -0.05) is 0 Å². The Balaban J connectivity index is 1.71. The predicted octanol–water partition coefficient (Wildman–Crippen LogP) is 1.99. The van der Waals surface area contributed by atoms with Crippen molar-refractivity contribution in [2.45, 2.75) is 12.5 Å². The van der Waals surface area contributed by atoms with Gasteiger partial charge in [-0.15, -0.1) is 5.10 Å². The van der Waals surface area contributed by atoms with Crippen LogP contribution >= 0.6 is 0 Å². The SMILES string of the molecule is COc1ccc(OC)c(-n2nnnc2[C@@H]2c3c(cc4c(c3OC)OCO4)CCN2C)c1. The molecule has 2 aromatic carbocycles. The van der Waals surface area contributed by atoms with Crippen LogP contribution in [-0.2, 0) is 6.42 Å². The van der Waals surface area contributed by atoms with Crippen molar-refractivity contribution in [3.8, 4) is 34.4 Å². The molecule has 0 saturated carbocycles. The number of hydrogen-bond donors (Lipinski definition) is 0. The van der Waals surface area contributed by atoms with Crippen LogP contribution in [0.4, 0.5) is 0 Å². The molecular weight excluding hydrogens is 402 g/mol. The molecule has 162 valence electrons. The molecule has 31 heavy (non-hydrogen) atoms. The summed E-state index contributed by atoms with van der Waals surface area (Å²) >= 11 is 0. The van der Waals surface area contributed by atoms with Gasteiger partial charge in [0, 0.05) is 18.2 Å². The van der Waals surface area contributed by atoms with Gasteiger partial charge < -0.3 is 23.7 Å². The number of rotatable bonds is 5. The first-order valence-electron chi connectivity index (χ1n) is 9.86. The summed E-state index contributed by atoms with van der Waals surface area (Å²) in [6, 6.07) is 7.27. The highest BCUT2D eigenvalue weighted by Crippen LogP contribution is 2.50. The smallest absolute Gasteiger partial charge is 0.231 e. The maximum absolute atomic E-state index is 5.80. The fourth-order valence-corrected chi connectivity index (χ4v) is 4.26. The fraction of sp³-hybridized carbons (Fsp3) is 0.381. The number of likely N-dealkylation sites (N-methyl/N-ethyl adjacent to an activating group) is 1. The molecule has 0 radical (unpaired) electrons. The first-order chi connectivity index (χ1) is 15.2. The third kappa shape index (κ3) is 3.02. The lowest BCUT2D eigenvalue weighted by atomic mass is 9.90. The number of aromatic nitrogens is 4. The van der Waals surface area contributed by atoms with Crippen LogP contribution in [0.3, 0.4) is 0 Å². The predicted molar refractivity (Wildman–Crippen MR) is 110 cm³/mol. The Hall–Kier alpha value is -3.53. The number of benzene rings is 2. The molecule has 0 bridgehead atoms. The maximum Gasteiger partial charge on any atom is 0.231 e. The van der Waals surface area contributed by atoms with Crippen LogP contribution in [0.2, 0.25) is 0 Å².